The van der Waals surface area contributed by atoms with Crippen molar-refractivity contribution in [2.24, 2.45) is 0 Å². The number of aryl methyl sites for hydroxylation is 1. The maximum absolute atomic E-state index is 12.9. The van der Waals surface area contributed by atoms with Gasteiger partial charge >= 0.3 is 0 Å². The smallest absolute Gasteiger partial charge is 0.146 e. The number of halogens is 1. The summed E-state index contributed by atoms with van der Waals surface area (Å²) in [6.07, 6.45) is 1.70. The van der Waals surface area contributed by atoms with Crippen LogP contribution in [0.15, 0.2) is 34.9 Å². The SMILES string of the molecule is CNCc1coc(COc2ccc(F)cc2C)c1. The van der Waals surface area contributed by atoms with Gasteiger partial charge in [0, 0.05) is 12.1 Å². The second-order valence-corrected chi connectivity index (χ2v) is 4.15. The zero-order valence-corrected chi connectivity index (χ0v) is 10.5. The van der Waals surface area contributed by atoms with Gasteiger partial charge in [0.05, 0.1) is 6.26 Å². The number of benzene rings is 1. The molecular formula is C14H16FNO2. The van der Waals surface area contributed by atoms with Crippen molar-refractivity contribution in [2.45, 2.75) is 20.1 Å². The number of furan rings is 1. The van der Waals surface area contributed by atoms with Gasteiger partial charge in [-0.15, -0.1) is 0 Å². The van der Waals surface area contributed by atoms with Gasteiger partial charge in [-0.2, -0.15) is 0 Å². The first-order chi connectivity index (χ1) is 8.69. The average Bonchev–Trinajstić information content (AvgIpc) is 2.76. The van der Waals surface area contributed by atoms with E-state index in [0.29, 0.717) is 12.4 Å². The summed E-state index contributed by atoms with van der Waals surface area (Å²) < 4.78 is 23.9. The second kappa shape index (κ2) is 5.69. The van der Waals surface area contributed by atoms with Gasteiger partial charge in [-0.3, -0.25) is 0 Å². The third-order valence-electron chi connectivity index (χ3n) is 2.60. The predicted molar refractivity (Wildman–Crippen MR) is 66.9 cm³/mol. The Morgan fingerprint density at radius 3 is 2.89 bits per heavy atom. The van der Waals surface area contributed by atoms with E-state index in [1.165, 1.54) is 12.1 Å². The van der Waals surface area contributed by atoms with Gasteiger partial charge in [-0.05, 0) is 43.8 Å². The molecule has 1 heterocycles. The van der Waals surface area contributed by atoms with E-state index in [1.807, 2.05) is 20.0 Å². The van der Waals surface area contributed by atoms with Crippen molar-refractivity contribution in [2.75, 3.05) is 7.05 Å². The Morgan fingerprint density at radius 2 is 2.17 bits per heavy atom. The standard InChI is InChI=1S/C14H16FNO2/c1-10-5-12(15)3-4-14(10)18-9-13-6-11(7-16-2)8-17-13/h3-6,8,16H,7,9H2,1-2H3. The molecule has 96 valence electrons. The minimum atomic E-state index is -0.255. The molecule has 0 fully saturated rings. The summed E-state index contributed by atoms with van der Waals surface area (Å²) in [6.45, 7) is 2.92. The van der Waals surface area contributed by atoms with Crippen LogP contribution >= 0.6 is 0 Å². The average molecular weight is 249 g/mol. The largest absolute Gasteiger partial charge is 0.485 e. The van der Waals surface area contributed by atoms with Crippen LogP contribution in [0, 0.1) is 12.7 Å². The minimum absolute atomic E-state index is 0.255. The van der Waals surface area contributed by atoms with Crippen LogP contribution in [0.1, 0.15) is 16.9 Å². The summed E-state index contributed by atoms with van der Waals surface area (Å²) in [7, 11) is 1.88. The molecule has 4 heteroatoms. The highest BCUT2D eigenvalue weighted by atomic mass is 19.1. The lowest BCUT2D eigenvalue weighted by atomic mass is 10.2. The van der Waals surface area contributed by atoms with Crippen LogP contribution in [0.2, 0.25) is 0 Å². The lowest BCUT2D eigenvalue weighted by Gasteiger charge is -2.07. The first-order valence-electron chi connectivity index (χ1n) is 5.79. The van der Waals surface area contributed by atoms with Crippen LogP contribution in [0.5, 0.6) is 5.75 Å². The van der Waals surface area contributed by atoms with Gasteiger partial charge < -0.3 is 14.5 Å². The Hall–Kier alpha value is -1.81. The predicted octanol–water partition coefficient (Wildman–Crippen LogP) is 3.03. The fourth-order valence-corrected chi connectivity index (χ4v) is 1.72. The molecule has 0 aliphatic heterocycles. The van der Waals surface area contributed by atoms with Gasteiger partial charge in [0.15, 0.2) is 0 Å². The Morgan fingerprint density at radius 1 is 1.33 bits per heavy atom. The second-order valence-electron chi connectivity index (χ2n) is 4.15. The maximum atomic E-state index is 12.9. The van der Waals surface area contributed by atoms with Gasteiger partial charge in [-0.25, -0.2) is 4.39 Å². The van der Waals surface area contributed by atoms with Crippen molar-refractivity contribution in [1.29, 1.82) is 0 Å². The van der Waals surface area contributed by atoms with E-state index in [9.17, 15) is 4.39 Å². The summed E-state index contributed by atoms with van der Waals surface area (Å²) >= 11 is 0. The van der Waals surface area contributed by atoms with E-state index in [2.05, 4.69) is 5.32 Å². The van der Waals surface area contributed by atoms with Crippen molar-refractivity contribution >= 4 is 0 Å². The molecule has 1 aromatic carbocycles. The quantitative estimate of drug-likeness (QED) is 0.884. The number of nitrogens with one attached hydrogen (secondary N) is 1. The Balaban J connectivity index is 1.97. The van der Waals surface area contributed by atoms with E-state index in [4.69, 9.17) is 9.15 Å². The molecular weight excluding hydrogens is 233 g/mol. The zero-order chi connectivity index (χ0) is 13.0. The summed E-state index contributed by atoms with van der Waals surface area (Å²) in [4.78, 5) is 0. The van der Waals surface area contributed by atoms with Crippen LogP contribution in [0.4, 0.5) is 4.39 Å². The molecule has 2 rings (SSSR count). The number of rotatable bonds is 5. The summed E-state index contributed by atoms with van der Waals surface area (Å²) in [5.41, 5.74) is 1.85. The molecule has 0 aliphatic carbocycles. The summed E-state index contributed by atoms with van der Waals surface area (Å²) in [5, 5.41) is 3.04. The third-order valence-corrected chi connectivity index (χ3v) is 2.60. The monoisotopic (exact) mass is 249 g/mol. The van der Waals surface area contributed by atoms with Gasteiger partial charge in [0.25, 0.3) is 0 Å². The Kier molecular flexibility index (Phi) is 3.99. The van der Waals surface area contributed by atoms with Crippen molar-refractivity contribution in [1.82, 2.24) is 5.32 Å². The van der Waals surface area contributed by atoms with Crippen LogP contribution in [0.25, 0.3) is 0 Å². The topological polar surface area (TPSA) is 34.4 Å². The molecule has 0 bridgehead atoms. The van der Waals surface area contributed by atoms with E-state index < -0.39 is 0 Å². The molecule has 2 aromatic rings. The van der Waals surface area contributed by atoms with E-state index in [-0.39, 0.29) is 5.82 Å². The molecule has 0 spiro atoms. The molecule has 1 N–H and O–H groups in total. The first kappa shape index (κ1) is 12.6. The highest BCUT2D eigenvalue weighted by Crippen LogP contribution is 2.20. The number of hydrogen-bond donors (Lipinski definition) is 1. The summed E-state index contributed by atoms with van der Waals surface area (Å²) in [6, 6.07) is 6.40. The lowest BCUT2D eigenvalue weighted by Crippen LogP contribution is -2.03. The Labute approximate surface area is 106 Å². The molecule has 0 aliphatic rings. The molecule has 1 aromatic heterocycles. The van der Waals surface area contributed by atoms with Gasteiger partial charge in [-0.1, -0.05) is 0 Å². The lowest BCUT2D eigenvalue weighted by molar-refractivity contribution is 0.268. The maximum Gasteiger partial charge on any atom is 0.146 e. The molecule has 18 heavy (non-hydrogen) atoms. The number of ether oxygens (including phenoxy) is 1. The fourth-order valence-electron chi connectivity index (χ4n) is 1.72. The van der Waals surface area contributed by atoms with Crippen molar-refractivity contribution in [3.8, 4) is 5.75 Å². The summed E-state index contributed by atoms with van der Waals surface area (Å²) in [5.74, 6) is 1.17. The van der Waals surface area contributed by atoms with Gasteiger partial charge in [0.2, 0.25) is 0 Å². The van der Waals surface area contributed by atoms with Crippen LogP contribution in [-0.4, -0.2) is 7.05 Å². The normalized spacial score (nSPS) is 10.6. The molecule has 3 nitrogen and oxygen atoms in total. The van der Waals surface area contributed by atoms with E-state index in [0.717, 1.165) is 23.4 Å². The molecule has 0 saturated heterocycles. The molecule has 0 amide bonds. The first-order valence-corrected chi connectivity index (χ1v) is 5.79. The molecule has 0 unspecified atom stereocenters. The Bertz CT molecular complexity index is 522. The molecule has 0 saturated carbocycles. The van der Waals surface area contributed by atoms with Crippen LogP contribution in [-0.2, 0) is 13.2 Å². The van der Waals surface area contributed by atoms with Crippen LogP contribution in [0.3, 0.4) is 0 Å². The highest BCUT2D eigenvalue weighted by Gasteiger charge is 2.05. The van der Waals surface area contributed by atoms with Crippen molar-refractivity contribution < 1.29 is 13.5 Å². The third kappa shape index (κ3) is 3.11. The van der Waals surface area contributed by atoms with E-state index in [1.54, 1.807) is 12.3 Å². The van der Waals surface area contributed by atoms with Crippen molar-refractivity contribution in [3.05, 3.63) is 53.2 Å². The van der Waals surface area contributed by atoms with Crippen LogP contribution < -0.4 is 10.1 Å². The van der Waals surface area contributed by atoms with Gasteiger partial charge in [0.1, 0.15) is 23.9 Å². The van der Waals surface area contributed by atoms with Crippen molar-refractivity contribution in [3.63, 3.8) is 0 Å². The fraction of sp³-hybridized carbons (Fsp3) is 0.286. The minimum Gasteiger partial charge on any atom is -0.485 e. The molecule has 0 radical (unpaired) electrons. The number of hydrogen-bond acceptors (Lipinski definition) is 3. The van der Waals surface area contributed by atoms with E-state index >= 15 is 0 Å². The highest BCUT2D eigenvalue weighted by molar-refractivity contribution is 5.32. The zero-order valence-electron chi connectivity index (χ0n) is 10.5. The molecule has 0 atom stereocenters.